The van der Waals surface area contributed by atoms with Crippen molar-refractivity contribution in [3.63, 3.8) is 0 Å². The number of anilines is 1. The normalized spacial score (nSPS) is 25.7. The van der Waals surface area contributed by atoms with E-state index in [9.17, 15) is 4.79 Å². The summed E-state index contributed by atoms with van der Waals surface area (Å²) >= 11 is 0. The number of amides is 1. The Balaban J connectivity index is 0.00000200. The van der Waals surface area contributed by atoms with Gasteiger partial charge in [0.15, 0.2) is 0 Å². The van der Waals surface area contributed by atoms with E-state index in [4.69, 9.17) is 5.73 Å². The highest BCUT2D eigenvalue weighted by Crippen LogP contribution is 2.32. The summed E-state index contributed by atoms with van der Waals surface area (Å²) in [5.74, 6) is -0.0178. The number of nitrogens with one attached hydrogen (secondary N) is 1. The Morgan fingerprint density at radius 3 is 2.60 bits per heavy atom. The van der Waals surface area contributed by atoms with Crippen molar-refractivity contribution in [2.45, 2.75) is 52.0 Å². The Kier molecular flexibility index (Phi) is 5.60. The topological polar surface area (TPSA) is 55.1 Å². The van der Waals surface area contributed by atoms with Crippen molar-refractivity contribution in [1.82, 2.24) is 0 Å². The number of benzene rings is 1. The van der Waals surface area contributed by atoms with Gasteiger partial charge in [0, 0.05) is 11.2 Å². The Morgan fingerprint density at radius 1 is 1.30 bits per heavy atom. The van der Waals surface area contributed by atoms with Gasteiger partial charge in [-0.05, 0) is 56.9 Å². The molecule has 0 bridgehead atoms. The van der Waals surface area contributed by atoms with Crippen LogP contribution in [0.3, 0.4) is 0 Å². The molecule has 1 aromatic rings. The number of halogens is 1. The summed E-state index contributed by atoms with van der Waals surface area (Å²) in [7, 11) is 0. The van der Waals surface area contributed by atoms with Crippen LogP contribution in [0.4, 0.5) is 5.69 Å². The van der Waals surface area contributed by atoms with Crippen LogP contribution in [0.1, 0.15) is 43.7 Å². The highest BCUT2D eigenvalue weighted by Gasteiger charge is 2.37. The number of carbonyl (C=O) groups is 1. The van der Waals surface area contributed by atoms with E-state index in [-0.39, 0.29) is 29.8 Å². The third-order valence-corrected chi connectivity index (χ3v) is 4.35. The lowest BCUT2D eigenvalue weighted by molar-refractivity contribution is -0.122. The first-order valence-corrected chi connectivity index (χ1v) is 7.07. The first-order chi connectivity index (χ1) is 8.90. The van der Waals surface area contributed by atoms with E-state index in [2.05, 4.69) is 19.2 Å². The molecule has 0 aromatic heterocycles. The van der Waals surface area contributed by atoms with Crippen LogP contribution >= 0.6 is 12.4 Å². The van der Waals surface area contributed by atoms with E-state index >= 15 is 0 Å². The highest BCUT2D eigenvalue weighted by molar-refractivity contribution is 5.93. The lowest BCUT2D eigenvalue weighted by Crippen LogP contribution is -2.51. The molecule has 1 fully saturated rings. The zero-order valence-corrected chi connectivity index (χ0v) is 13.3. The van der Waals surface area contributed by atoms with Crippen molar-refractivity contribution in [3.05, 3.63) is 29.3 Å². The van der Waals surface area contributed by atoms with E-state index in [0.717, 1.165) is 31.4 Å². The van der Waals surface area contributed by atoms with Crippen LogP contribution in [0.2, 0.25) is 0 Å². The minimum atomic E-state index is -0.373. The smallest absolute Gasteiger partial charge is 0.229 e. The Bertz CT molecular complexity index is 485. The molecule has 0 heterocycles. The average Bonchev–Trinajstić information content (AvgIpc) is 2.33. The summed E-state index contributed by atoms with van der Waals surface area (Å²) in [6.45, 7) is 6.12. The molecule has 4 heteroatoms. The number of hydrogen-bond donors (Lipinski definition) is 2. The maximum absolute atomic E-state index is 12.4. The monoisotopic (exact) mass is 296 g/mol. The van der Waals surface area contributed by atoms with Gasteiger partial charge >= 0.3 is 0 Å². The zero-order valence-electron chi connectivity index (χ0n) is 12.5. The molecule has 0 aliphatic heterocycles. The molecule has 1 amide bonds. The Hall–Kier alpha value is -1.06. The van der Waals surface area contributed by atoms with Gasteiger partial charge in [-0.3, -0.25) is 4.79 Å². The fourth-order valence-electron chi connectivity index (χ4n) is 2.84. The van der Waals surface area contributed by atoms with Crippen LogP contribution < -0.4 is 11.1 Å². The van der Waals surface area contributed by atoms with Gasteiger partial charge in [0.05, 0.1) is 5.92 Å². The van der Waals surface area contributed by atoms with E-state index in [1.165, 1.54) is 11.1 Å². The fourth-order valence-corrected chi connectivity index (χ4v) is 2.84. The van der Waals surface area contributed by atoms with Crippen molar-refractivity contribution < 1.29 is 4.79 Å². The molecule has 112 valence electrons. The molecule has 0 spiro atoms. The predicted molar refractivity (Wildman–Crippen MR) is 86.3 cm³/mol. The van der Waals surface area contributed by atoms with Crippen LogP contribution in [0.15, 0.2) is 18.2 Å². The zero-order chi connectivity index (χ0) is 14.0. The van der Waals surface area contributed by atoms with E-state index in [1.807, 2.05) is 25.1 Å². The molecule has 0 radical (unpaired) electrons. The molecule has 1 aliphatic carbocycles. The number of aryl methyl sites for hydroxylation is 2. The van der Waals surface area contributed by atoms with Gasteiger partial charge in [-0.15, -0.1) is 12.4 Å². The molecular weight excluding hydrogens is 272 g/mol. The van der Waals surface area contributed by atoms with Crippen LogP contribution in [-0.4, -0.2) is 11.4 Å². The van der Waals surface area contributed by atoms with Gasteiger partial charge in [-0.25, -0.2) is 0 Å². The number of rotatable bonds is 2. The lowest BCUT2D eigenvalue weighted by Gasteiger charge is -2.37. The molecule has 2 rings (SSSR count). The molecule has 1 aromatic carbocycles. The minimum Gasteiger partial charge on any atom is -0.326 e. The Labute approximate surface area is 127 Å². The summed E-state index contributed by atoms with van der Waals surface area (Å²) in [6.07, 6.45) is 4.04. The van der Waals surface area contributed by atoms with Gasteiger partial charge < -0.3 is 11.1 Å². The Morgan fingerprint density at radius 2 is 2.00 bits per heavy atom. The molecule has 20 heavy (non-hydrogen) atoms. The number of hydrogen-bond acceptors (Lipinski definition) is 2. The molecule has 3 nitrogen and oxygen atoms in total. The second-order valence-electron chi connectivity index (χ2n) is 6.09. The van der Waals surface area contributed by atoms with Gasteiger partial charge in [0.1, 0.15) is 0 Å². The van der Waals surface area contributed by atoms with E-state index in [1.54, 1.807) is 0 Å². The molecule has 2 atom stereocenters. The van der Waals surface area contributed by atoms with E-state index < -0.39 is 0 Å². The molecule has 0 saturated heterocycles. The molecule has 1 saturated carbocycles. The maximum atomic E-state index is 12.4. The molecule has 3 N–H and O–H groups in total. The van der Waals surface area contributed by atoms with Crippen LogP contribution in [0.25, 0.3) is 0 Å². The molecular formula is C16H25ClN2O. The average molecular weight is 297 g/mol. The van der Waals surface area contributed by atoms with Crippen molar-refractivity contribution in [1.29, 1.82) is 0 Å². The van der Waals surface area contributed by atoms with Gasteiger partial charge in [-0.1, -0.05) is 18.9 Å². The van der Waals surface area contributed by atoms with Crippen molar-refractivity contribution in [2.24, 2.45) is 11.7 Å². The SMILES string of the molecule is Cc1ccc(NC(=O)C2CCCCC2(C)N)cc1C.Cl. The quantitative estimate of drug-likeness (QED) is 0.876. The summed E-state index contributed by atoms with van der Waals surface area (Å²) in [5.41, 5.74) is 9.19. The minimum absolute atomic E-state index is 0. The number of carbonyl (C=O) groups excluding carboxylic acids is 1. The summed E-state index contributed by atoms with van der Waals surface area (Å²) in [5, 5.41) is 3.02. The summed E-state index contributed by atoms with van der Waals surface area (Å²) in [6, 6.07) is 6.01. The third-order valence-electron chi connectivity index (χ3n) is 4.35. The number of nitrogens with two attached hydrogens (primary N) is 1. The van der Waals surface area contributed by atoms with Gasteiger partial charge in [0.2, 0.25) is 5.91 Å². The second kappa shape index (κ2) is 6.59. The standard InChI is InChI=1S/C16H24N2O.ClH/c1-11-7-8-13(10-12(11)2)18-15(19)14-6-4-5-9-16(14,3)17;/h7-8,10,14H,4-6,9,17H2,1-3H3,(H,18,19);1H. The van der Waals surface area contributed by atoms with Crippen LogP contribution in [0, 0.1) is 19.8 Å². The van der Waals surface area contributed by atoms with Gasteiger partial charge in [0.25, 0.3) is 0 Å². The first-order valence-electron chi connectivity index (χ1n) is 7.07. The first kappa shape index (κ1) is 17.0. The summed E-state index contributed by atoms with van der Waals surface area (Å²) in [4.78, 5) is 12.4. The predicted octanol–water partition coefficient (Wildman–Crippen LogP) is 3.57. The fraction of sp³-hybridized carbons (Fsp3) is 0.562. The van der Waals surface area contributed by atoms with Gasteiger partial charge in [-0.2, -0.15) is 0 Å². The van der Waals surface area contributed by atoms with Crippen molar-refractivity contribution in [3.8, 4) is 0 Å². The van der Waals surface area contributed by atoms with E-state index in [0.29, 0.717) is 0 Å². The lowest BCUT2D eigenvalue weighted by atomic mass is 9.74. The van der Waals surface area contributed by atoms with Crippen molar-refractivity contribution in [2.75, 3.05) is 5.32 Å². The van der Waals surface area contributed by atoms with Crippen LogP contribution in [0.5, 0.6) is 0 Å². The van der Waals surface area contributed by atoms with Crippen molar-refractivity contribution >= 4 is 24.0 Å². The highest BCUT2D eigenvalue weighted by atomic mass is 35.5. The maximum Gasteiger partial charge on any atom is 0.229 e. The molecule has 2 unspecified atom stereocenters. The summed E-state index contributed by atoms with van der Waals surface area (Å²) < 4.78 is 0. The third kappa shape index (κ3) is 3.74. The molecule has 1 aliphatic rings. The second-order valence-corrected chi connectivity index (χ2v) is 6.09. The largest absolute Gasteiger partial charge is 0.326 e. The van der Waals surface area contributed by atoms with Crippen LogP contribution in [-0.2, 0) is 4.79 Å².